The number of carbonyl (C=O) groups is 1. The van der Waals surface area contributed by atoms with Crippen molar-refractivity contribution < 1.29 is 21.6 Å². The maximum Gasteiger partial charge on any atom is 0.265 e. The number of hydrogen-bond donors (Lipinski definition) is 1. The first kappa shape index (κ1) is 18.6. The van der Waals surface area contributed by atoms with Crippen molar-refractivity contribution in [1.29, 1.82) is 0 Å². The van der Waals surface area contributed by atoms with E-state index in [1.165, 1.54) is 30.3 Å². The molecule has 0 aromatic heterocycles. The molecule has 1 amide bonds. The van der Waals surface area contributed by atoms with Gasteiger partial charge in [0.2, 0.25) is 0 Å². The minimum atomic E-state index is -4.01. The molecule has 9 heteroatoms. The van der Waals surface area contributed by atoms with Gasteiger partial charge in [0, 0.05) is 16.3 Å². The van der Waals surface area contributed by atoms with E-state index >= 15 is 0 Å². The van der Waals surface area contributed by atoms with E-state index < -0.39 is 25.8 Å². The molecule has 0 radical (unpaired) electrons. The molecule has 0 fully saturated rings. The first-order valence-corrected chi connectivity index (χ1v) is 11.0. The SMILES string of the molecule is CS(=O)(=O)Cc1cccc(C(=O)NS(=O)(=O)c2ccc(Br)cc2)c1. The zero-order valence-electron chi connectivity index (χ0n) is 12.6. The van der Waals surface area contributed by atoms with E-state index in [-0.39, 0.29) is 16.2 Å². The molecular formula is C15H14BrNO5S2. The van der Waals surface area contributed by atoms with Crippen LogP contribution in [-0.4, -0.2) is 29.0 Å². The highest BCUT2D eigenvalue weighted by Gasteiger charge is 2.19. The van der Waals surface area contributed by atoms with Crippen molar-refractivity contribution in [2.75, 3.05) is 6.26 Å². The first-order valence-electron chi connectivity index (χ1n) is 6.66. The van der Waals surface area contributed by atoms with Gasteiger partial charge in [-0.1, -0.05) is 28.1 Å². The molecule has 0 spiro atoms. The van der Waals surface area contributed by atoms with Gasteiger partial charge in [0.05, 0.1) is 10.6 Å². The number of carbonyl (C=O) groups excluding carboxylic acids is 1. The standard InChI is InChI=1S/C15H14BrNO5S2/c1-23(19,20)10-11-3-2-4-12(9-11)15(18)17-24(21,22)14-7-5-13(16)6-8-14/h2-9H,10H2,1H3,(H,17,18). The van der Waals surface area contributed by atoms with Crippen molar-refractivity contribution in [3.8, 4) is 0 Å². The average molecular weight is 432 g/mol. The van der Waals surface area contributed by atoms with Gasteiger partial charge < -0.3 is 0 Å². The lowest BCUT2D eigenvalue weighted by molar-refractivity contribution is 0.0981. The van der Waals surface area contributed by atoms with Crippen molar-refractivity contribution in [3.05, 3.63) is 64.1 Å². The Morgan fingerprint density at radius 3 is 2.25 bits per heavy atom. The molecule has 2 aromatic rings. The molecule has 2 aromatic carbocycles. The number of rotatable bonds is 5. The molecule has 0 aliphatic heterocycles. The largest absolute Gasteiger partial charge is 0.268 e. The van der Waals surface area contributed by atoms with Crippen LogP contribution in [0.4, 0.5) is 0 Å². The van der Waals surface area contributed by atoms with Crippen molar-refractivity contribution in [2.24, 2.45) is 0 Å². The Hall–Kier alpha value is -1.71. The zero-order chi connectivity index (χ0) is 18.0. The number of sulfonamides is 1. The Kier molecular flexibility index (Phi) is 5.46. The molecule has 0 heterocycles. The number of nitrogens with one attached hydrogen (secondary N) is 1. The second kappa shape index (κ2) is 7.04. The molecule has 0 saturated heterocycles. The predicted octanol–water partition coefficient (Wildman–Crippen LogP) is 2.11. The summed E-state index contributed by atoms with van der Waals surface area (Å²) in [6.45, 7) is 0. The van der Waals surface area contributed by atoms with Crippen LogP contribution in [0, 0.1) is 0 Å². The van der Waals surface area contributed by atoms with E-state index in [0.29, 0.717) is 10.0 Å². The fourth-order valence-corrected chi connectivity index (χ4v) is 3.98. The van der Waals surface area contributed by atoms with Crippen molar-refractivity contribution >= 4 is 41.7 Å². The summed E-state index contributed by atoms with van der Waals surface area (Å²) in [5.74, 6) is -1.05. The summed E-state index contributed by atoms with van der Waals surface area (Å²) in [4.78, 5) is 12.1. The lowest BCUT2D eigenvalue weighted by Crippen LogP contribution is -2.30. The fraction of sp³-hybridized carbons (Fsp3) is 0.133. The monoisotopic (exact) mass is 431 g/mol. The van der Waals surface area contributed by atoms with Gasteiger partial charge in [-0.05, 0) is 42.0 Å². The summed E-state index contributed by atoms with van der Waals surface area (Å²) >= 11 is 3.20. The highest BCUT2D eigenvalue weighted by molar-refractivity contribution is 9.10. The van der Waals surface area contributed by atoms with Crippen LogP contribution in [-0.2, 0) is 25.6 Å². The molecule has 0 aliphatic rings. The molecular weight excluding hydrogens is 418 g/mol. The number of sulfone groups is 1. The maximum absolute atomic E-state index is 12.2. The highest BCUT2D eigenvalue weighted by atomic mass is 79.9. The third kappa shape index (κ3) is 5.15. The molecule has 0 bridgehead atoms. The van der Waals surface area contributed by atoms with Gasteiger partial charge in [-0.25, -0.2) is 21.6 Å². The van der Waals surface area contributed by atoms with Crippen LogP contribution >= 0.6 is 15.9 Å². The van der Waals surface area contributed by atoms with Crippen molar-refractivity contribution in [1.82, 2.24) is 4.72 Å². The minimum Gasteiger partial charge on any atom is -0.268 e. The summed E-state index contributed by atoms with van der Waals surface area (Å²) in [7, 11) is -7.27. The molecule has 0 unspecified atom stereocenters. The van der Waals surface area contributed by atoms with Gasteiger partial charge >= 0.3 is 0 Å². The molecule has 0 aliphatic carbocycles. The van der Waals surface area contributed by atoms with Gasteiger partial charge in [-0.2, -0.15) is 0 Å². The Morgan fingerprint density at radius 1 is 1.04 bits per heavy atom. The third-order valence-electron chi connectivity index (χ3n) is 2.97. The molecule has 0 atom stereocenters. The molecule has 6 nitrogen and oxygen atoms in total. The lowest BCUT2D eigenvalue weighted by atomic mass is 10.1. The Morgan fingerprint density at radius 2 is 1.67 bits per heavy atom. The lowest BCUT2D eigenvalue weighted by Gasteiger charge is -2.08. The van der Waals surface area contributed by atoms with Crippen molar-refractivity contribution in [3.63, 3.8) is 0 Å². The Labute approximate surface area is 149 Å². The van der Waals surface area contributed by atoms with Crippen LogP contribution < -0.4 is 4.72 Å². The number of hydrogen-bond acceptors (Lipinski definition) is 5. The summed E-state index contributed by atoms with van der Waals surface area (Å²) in [6.07, 6.45) is 1.08. The van der Waals surface area contributed by atoms with E-state index in [1.807, 2.05) is 4.72 Å². The number of amides is 1. The summed E-state index contributed by atoms with van der Waals surface area (Å²) in [6, 6.07) is 11.6. The molecule has 1 N–H and O–H groups in total. The van der Waals surface area contributed by atoms with E-state index in [1.54, 1.807) is 18.2 Å². The fourth-order valence-electron chi connectivity index (χ4n) is 1.96. The number of benzene rings is 2. The topological polar surface area (TPSA) is 97.4 Å². The van der Waals surface area contributed by atoms with Crippen LogP contribution in [0.2, 0.25) is 0 Å². The van der Waals surface area contributed by atoms with Crippen LogP contribution in [0.1, 0.15) is 15.9 Å². The van der Waals surface area contributed by atoms with Crippen LogP contribution in [0.3, 0.4) is 0 Å². The highest BCUT2D eigenvalue weighted by Crippen LogP contribution is 2.15. The minimum absolute atomic E-state index is 0.0497. The Bertz CT molecular complexity index is 967. The van der Waals surface area contributed by atoms with Gasteiger partial charge in [-0.15, -0.1) is 0 Å². The van der Waals surface area contributed by atoms with E-state index in [2.05, 4.69) is 15.9 Å². The average Bonchev–Trinajstić information content (AvgIpc) is 2.45. The second-order valence-corrected chi connectivity index (χ2v) is 9.90. The second-order valence-electron chi connectivity index (χ2n) is 5.16. The quantitative estimate of drug-likeness (QED) is 0.781. The zero-order valence-corrected chi connectivity index (χ0v) is 15.8. The van der Waals surface area contributed by atoms with Crippen LogP contribution in [0.5, 0.6) is 0 Å². The number of halogens is 1. The maximum atomic E-state index is 12.2. The normalized spacial score (nSPS) is 11.9. The third-order valence-corrected chi connectivity index (χ3v) is 5.70. The van der Waals surface area contributed by atoms with Gasteiger partial charge in [0.1, 0.15) is 0 Å². The van der Waals surface area contributed by atoms with E-state index in [9.17, 15) is 21.6 Å². The smallest absolute Gasteiger partial charge is 0.265 e. The van der Waals surface area contributed by atoms with Gasteiger partial charge in [0.25, 0.3) is 15.9 Å². The van der Waals surface area contributed by atoms with Gasteiger partial charge in [-0.3, -0.25) is 4.79 Å². The van der Waals surface area contributed by atoms with Crippen LogP contribution in [0.25, 0.3) is 0 Å². The van der Waals surface area contributed by atoms with Gasteiger partial charge in [0.15, 0.2) is 9.84 Å². The van der Waals surface area contributed by atoms with Crippen LogP contribution in [0.15, 0.2) is 57.9 Å². The summed E-state index contributed by atoms with van der Waals surface area (Å²) in [5, 5.41) is 0. The first-order chi connectivity index (χ1) is 11.1. The van der Waals surface area contributed by atoms with E-state index in [4.69, 9.17) is 0 Å². The van der Waals surface area contributed by atoms with E-state index in [0.717, 1.165) is 6.26 Å². The molecule has 2 rings (SSSR count). The molecule has 0 saturated carbocycles. The molecule has 128 valence electrons. The summed E-state index contributed by atoms with van der Waals surface area (Å²) in [5.41, 5.74) is 0.475. The van der Waals surface area contributed by atoms with Crippen molar-refractivity contribution in [2.45, 2.75) is 10.6 Å². The molecule has 24 heavy (non-hydrogen) atoms. The predicted molar refractivity (Wildman–Crippen MR) is 93.8 cm³/mol. The Balaban J connectivity index is 2.23. The summed E-state index contributed by atoms with van der Waals surface area (Å²) < 4.78 is 49.7.